The second-order valence-corrected chi connectivity index (χ2v) is 10.2. The Hall–Kier alpha value is -2.98. The molecule has 0 aliphatic heterocycles. The predicted molar refractivity (Wildman–Crippen MR) is 128 cm³/mol. The summed E-state index contributed by atoms with van der Waals surface area (Å²) in [5.74, 6) is 0.262. The molecule has 0 aliphatic rings. The molecule has 1 heterocycles. The summed E-state index contributed by atoms with van der Waals surface area (Å²) < 4.78 is 31.6. The summed E-state index contributed by atoms with van der Waals surface area (Å²) in [6.07, 6.45) is 1.39. The van der Waals surface area contributed by atoms with E-state index in [-0.39, 0.29) is 6.42 Å². The Bertz CT molecular complexity index is 1210. The first-order chi connectivity index (χ1) is 15.1. The lowest BCUT2D eigenvalue weighted by atomic mass is 10.1. The molecule has 8 nitrogen and oxygen atoms in total. The van der Waals surface area contributed by atoms with Crippen LogP contribution < -0.4 is 14.4 Å². The number of nitrogens with zero attached hydrogens (tertiary/aromatic N) is 3. The smallest absolute Gasteiger partial charge is 0.250 e. The van der Waals surface area contributed by atoms with Crippen LogP contribution in [0.1, 0.15) is 24.5 Å². The van der Waals surface area contributed by atoms with Crippen molar-refractivity contribution in [3.05, 3.63) is 53.6 Å². The van der Waals surface area contributed by atoms with Gasteiger partial charge in [0.1, 0.15) is 16.8 Å². The number of nitrogens with one attached hydrogen (secondary N) is 1. The SMILES string of the molecule is CC[C@@H](C(=O)Nc1nnc(-c2ccc(OC)cc2)s1)N(c1ccc(C)c(C)c1)S(C)(=O)=O. The van der Waals surface area contributed by atoms with Gasteiger partial charge in [0.15, 0.2) is 0 Å². The molecule has 1 amide bonds. The number of aromatic nitrogens is 2. The van der Waals surface area contributed by atoms with Gasteiger partial charge in [-0.3, -0.25) is 14.4 Å². The van der Waals surface area contributed by atoms with Crippen molar-refractivity contribution < 1.29 is 17.9 Å². The molecule has 3 aromatic rings. The lowest BCUT2D eigenvalue weighted by Crippen LogP contribution is -2.47. The van der Waals surface area contributed by atoms with Crippen molar-refractivity contribution >= 4 is 38.1 Å². The number of methoxy groups -OCH3 is 1. The Morgan fingerprint density at radius 1 is 1.12 bits per heavy atom. The minimum Gasteiger partial charge on any atom is -0.497 e. The van der Waals surface area contributed by atoms with Crippen LogP contribution in [-0.2, 0) is 14.8 Å². The fourth-order valence-corrected chi connectivity index (χ4v) is 5.19. The molecule has 1 N–H and O–H groups in total. The third-order valence-electron chi connectivity index (χ3n) is 5.07. The van der Waals surface area contributed by atoms with E-state index in [2.05, 4.69) is 15.5 Å². The maximum atomic E-state index is 13.1. The standard InChI is InChI=1S/C22H26N4O4S2/c1-6-19(26(32(5,28)29)17-10-7-14(2)15(3)13-17)20(27)23-22-25-24-21(31-22)16-8-11-18(30-4)12-9-16/h7-13,19H,6H2,1-5H3,(H,23,25,27)/t19-/m0/s1. The van der Waals surface area contributed by atoms with Gasteiger partial charge in [-0.25, -0.2) is 8.42 Å². The summed E-state index contributed by atoms with van der Waals surface area (Å²) in [5.41, 5.74) is 3.27. The highest BCUT2D eigenvalue weighted by Crippen LogP contribution is 2.29. The van der Waals surface area contributed by atoms with Gasteiger partial charge < -0.3 is 4.74 Å². The number of carbonyl (C=O) groups is 1. The van der Waals surface area contributed by atoms with E-state index in [0.717, 1.165) is 28.7 Å². The quantitative estimate of drug-likeness (QED) is 0.529. The molecule has 0 spiro atoms. The molecular weight excluding hydrogens is 448 g/mol. The van der Waals surface area contributed by atoms with Crippen LogP contribution in [0.4, 0.5) is 10.8 Å². The van der Waals surface area contributed by atoms with Crippen LogP contribution in [0, 0.1) is 13.8 Å². The van der Waals surface area contributed by atoms with E-state index in [4.69, 9.17) is 4.74 Å². The average molecular weight is 475 g/mol. The molecule has 2 aromatic carbocycles. The molecule has 1 atom stereocenters. The van der Waals surface area contributed by atoms with Crippen molar-refractivity contribution in [2.75, 3.05) is 23.0 Å². The molecule has 0 bridgehead atoms. The van der Waals surface area contributed by atoms with E-state index in [9.17, 15) is 13.2 Å². The fraction of sp³-hybridized carbons (Fsp3) is 0.318. The van der Waals surface area contributed by atoms with Gasteiger partial charge in [0.25, 0.3) is 0 Å². The zero-order chi connectivity index (χ0) is 23.5. The van der Waals surface area contributed by atoms with E-state index >= 15 is 0 Å². The van der Waals surface area contributed by atoms with Crippen molar-refractivity contribution in [3.8, 4) is 16.3 Å². The number of carbonyl (C=O) groups excluding carboxylic acids is 1. The van der Waals surface area contributed by atoms with E-state index < -0.39 is 22.0 Å². The second kappa shape index (κ2) is 9.66. The molecule has 170 valence electrons. The summed E-state index contributed by atoms with van der Waals surface area (Å²) in [5, 5.41) is 11.8. The van der Waals surface area contributed by atoms with Gasteiger partial charge in [-0.15, -0.1) is 10.2 Å². The average Bonchev–Trinajstić information content (AvgIpc) is 3.21. The van der Waals surface area contributed by atoms with Crippen LogP contribution in [0.5, 0.6) is 5.75 Å². The molecule has 3 rings (SSSR count). The first kappa shape index (κ1) is 23.7. The fourth-order valence-electron chi connectivity index (χ4n) is 3.24. The zero-order valence-electron chi connectivity index (χ0n) is 18.6. The van der Waals surface area contributed by atoms with Crippen molar-refractivity contribution in [2.45, 2.75) is 33.2 Å². The lowest BCUT2D eigenvalue weighted by molar-refractivity contribution is -0.117. The normalized spacial score (nSPS) is 12.3. The summed E-state index contributed by atoms with van der Waals surface area (Å²) in [4.78, 5) is 13.1. The van der Waals surface area contributed by atoms with Crippen LogP contribution in [-0.4, -0.2) is 43.9 Å². The largest absolute Gasteiger partial charge is 0.497 e. The van der Waals surface area contributed by atoms with Crippen LogP contribution in [0.2, 0.25) is 0 Å². The number of hydrogen-bond acceptors (Lipinski definition) is 7. The van der Waals surface area contributed by atoms with Gasteiger partial charge in [0.05, 0.1) is 19.1 Å². The third kappa shape index (κ3) is 5.25. The van der Waals surface area contributed by atoms with E-state index in [1.54, 1.807) is 26.2 Å². The van der Waals surface area contributed by atoms with Crippen molar-refractivity contribution in [1.29, 1.82) is 0 Å². The number of amides is 1. The number of sulfonamides is 1. The van der Waals surface area contributed by atoms with Crippen LogP contribution >= 0.6 is 11.3 Å². The van der Waals surface area contributed by atoms with Gasteiger partial charge in [0.2, 0.25) is 21.1 Å². The predicted octanol–water partition coefficient (Wildman–Crippen LogP) is 4.01. The Labute approximate surface area is 192 Å². The van der Waals surface area contributed by atoms with Crippen LogP contribution in [0.15, 0.2) is 42.5 Å². The molecule has 32 heavy (non-hydrogen) atoms. The first-order valence-electron chi connectivity index (χ1n) is 9.99. The molecule has 0 unspecified atom stereocenters. The van der Waals surface area contributed by atoms with E-state index in [1.807, 2.05) is 44.2 Å². The number of anilines is 2. The number of aryl methyl sites for hydroxylation is 2. The van der Waals surface area contributed by atoms with Gasteiger partial charge >= 0.3 is 0 Å². The molecular formula is C22H26N4O4S2. The lowest BCUT2D eigenvalue weighted by Gasteiger charge is -2.30. The highest BCUT2D eigenvalue weighted by Gasteiger charge is 2.32. The number of rotatable bonds is 8. The van der Waals surface area contributed by atoms with Crippen molar-refractivity contribution in [2.24, 2.45) is 0 Å². The first-order valence-corrected chi connectivity index (χ1v) is 12.7. The van der Waals surface area contributed by atoms with Gasteiger partial charge in [-0.1, -0.05) is 24.3 Å². The molecule has 0 radical (unpaired) electrons. The molecule has 1 aromatic heterocycles. The monoisotopic (exact) mass is 474 g/mol. The summed E-state index contributed by atoms with van der Waals surface area (Å²) in [7, 11) is -2.12. The maximum Gasteiger partial charge on any atom is 0.250 e. The highest BCUT2D eigenvalue weighted by molar-refractivity contribution is 7.92. The van der Waals surface area contributed by atoms with Crippen LogP contribution in [0.3, 0.4) is 0 Å². The van der Waals surface area contributed by atoms with E-state index in [1.165, 1.54) is 15.6 Å². The van der Waals surface area contributed by atoms with Crippen molar-refractivity contribution in [3.63, 3.8) is 0 Å². The van der Waals surface area contributed by atoms with Crippen molar-refractivity contribution in [1.82, 2.24) is 10.2 Å². The Morgan fingerprint density at radius 3 is 2.38 bits per heavy atom. The van der Waals surface area contributed by atoms with Crippen LogP contribution in [0.25, 0.3) is 10.6 Å². The number of benzene rings is 2. The minimum atomic E-state index is -3.71. The Morgan fingerprint density at radius 2 is 1.81 bits per heavy atom. The topological polar surface area (TPSA) is 101 Å². The summed E-state index contributed by atoms with van der Waals surface area (Å²) >= 11 is 1.21. The molecule has 0 saturated heterocycles. The zero-order valence-corrected chi connectivity index (χ0v) is 20.3. The Kier molecular flexibility index (Phi) is 7.15. The summed E-state index contributed by atoms with van der Waals surface area (Å²) in [6.45, 7) is 5.62. The second-order valence-electron chi connectivity index (χ2n) is 7.38. The summed E-state index contributed by atoms with van der Waals surface area (Å²) in [6, 6.07) is 11.7. The molecule has 0 saturated carbocycles. The van der Waals surface area contributed by atoms with Gasteiger partial charge in [-0.2, -0.15) is 0 Å². The molecule has 10 heteroatoms. The number of hydrogen-bond donors (Lipinski definition) is 1. The van der Waals surface area contributed by atoms with Gasteiger partial charge in [-0.05, 0) is 67.8 Å². The minimum absolute atomic E-state index is 0.288. The Balaban J connectivity index is 1.85. The maximum absolute atomic E-state index is 13.1. The molecule has 0 aliphatic carbocycles. The van der Waals surface area contributed by atoms with Gasteiger partial charge in [0, 0.05) is 5.56 Å². The highest BCUT2D eigenvalue weighted by atomic mass is 32.2. The molecule has 0 fully saturated rings. The van der Waals surface area contributed by atoms with E-state index in [0.29, 0.717) is 15.8 Å². The third-order valence-corrected chi connectivity index (χ3v) is 7.13. The number of ether oxygens (including phenoxy) is 1.